The summed E-state index contributed by atoms with van der Waals surface area (Å²) in [5, 5.41) is 5.84. The van der Waals surface area contributed by atoms with Gasteiger partial charge >= 0.3 is 0 Å². The fourth-order valence-electron chi connectivity index (χ4n) is 1.75. The summed E-state index contributed by atoms with van der Waals surface area (Å²) in [4.78, 5) is 11.5. The first-order chi connectivity index (χ1) is 9.24. The van der Waals surface area contributed by atoms with Gasteiger partial charge < -0.3 is 14.5 Å². The Morgan fingerprint density at radius 1 is 1.58 bits per heavy atom. The third kappa shape index (κ3) is 4.84. The van der Waals surface area contributed by atoms with E-state index in [4.69, 9.17) is 21.4 Å². The van der Waals surface area contributed by atoms with E-state index in [1.807, 2.05) is 0 Å². The second-order valence-electron chi connectivity index (χ2n) is 4.18. The predicted molar refractivity (Wildman–Crippen MR) is 75.5 cm³/mol. The number of hydrogen-bond donors (Lipinski definition) is 2. The van der Waals surface area contributed by atoms with E-state index in [0.29, 0.717) is 17.4 Å². The minimum Gasteiger partial charge on any atom is -0.465 e. The fraction of sp³-hybridized carbons (Fsp3) is 0.385. The predicted octanol–water partition coefficient (Wildman–Crippen LogP) is 1.46. The van der Waals surface area contributed by atoms with Crippen molar-refractivity contribution in [2.45, 2.75) is 18.9 Å². The van der Waals surface area contributed by atoms with E-state index < -0.39 is 0 Å². The molecule has 1 unspecified atom stereocenters. The highest BCUT2D eigenvalue weighted by Gasteiger charge is 2.15. The lowest BCUT2D eigenvalue weighted by Crippen LogP contribution is -2.41. The van der Waals surface area contributed by atoms with Crippen LogP contribution in [0.15, 0.2) is 28.9 Å². The Bertz CT molecular complexity index is 450. The highest BCUT2D eigenvalue weighted by molar-refractivity contribution is 7.80. The standard InChI is InChI=1S/C13H16N2O3S/c16-12(6-5-10-3-1-7-17-10)15-13(19)14-9-11-4-2-8-18-11/h1,3,5-7,11H,2,4,8-9H2,(H2,14,15,16,19)/b6-5+. The Balaban J connectivity index is 1.68. The molecule has 0 radical (unpaired) electrons. The maximum absolute atomic E-state index is 11.5. The van der Waals surface area contributed by atoms with Crippen LogP contribution in [-0.2, 0) is 9.53 Å². The zero-order chi connectivity index (χ0) is 13.5. The largest absolute Gasteiger partial charge is 0.465 e. The van der Waals surface area contributed by atoms with Gasteiger partial charge in [-0.05, 0) is 43.3 Å². The van der Waals surface area contributed by atoms with Crippen LogP contribution < -0.4 is 10.6 Å². The molecule has 2 rings (SSSR count). The van der Waals surface area contributed by atoms with E-state index in [1.165, 1.54) is 6.08 Å². The summed E-state index contributed by atoms with van der Waals surface area (Å²) in [6.45, 7) is 1.43. The van der Waals surface area contributed by atoms with Crippen molar-refractivity contribution in [3.63, 3.8) is 0 Å². The van der Waals surface area contributed by atoms with E-state index >= 15 is 0 Å². The molecule has 1 amide bonds. The number of amides is 1. The molecule has 0 saturated carbocycles. The molecule has 1 aromatic heterocycles. The molecule has 102 valence electrons. The van der Waals surface area contributed by atoms with Gasteiger partial charge in [0.05, 0.1) is 12.4 Å². The number of carbonyl (C=O) groups is 1. The van der Waals surface area contributed by atoms with Gasteiger partial charge in [0.2, 0.25) is 5.91 Å². The van der Waals surface area contributed by atoms with Crippen molar-refractivity contribution in [2.75, 3.05) is 13.2 Å². The molecule has 0 bridgehead atoms. The summed E-state index contributed by atoms with van der Waals surface area (Å²) in [6.07, 6.45) is 6.80. The number of nitrogens with one attached hydrogen (secondary N) is 2. The van der Waals surface area contributed by atoms with E-state index in [-0.39, 0.29) is 12.0 Å². The van der Waals surface area contributed by atoms with Crippen molar-refractivity contribution in [1.82, 2.24) is 10.6 Å². The van der Waals surface area contributed by atoms with Crippen molar-refractivity contribution < 1.29 is 13.9 Å². The smallest absolute Gasteiger partial charge is 0.250 e. The lowest BCUT2D eigenvalue weighted by Gasteiger charge is -2.12. The van der Waals surface area contributed by atoms with Crippen molar-refractivity contribution >= 4 is 29.3 Å². The van der Waals surface area contributed by atoms with Crippen LogP contribution in [0.3, 0.4) is 0 Å². The molecule has 1 fully saturated rings. The van der Waals surface area contributed by atoms with Gasteiger partial charge in [-0.25, -0.2) is 0 Å². The molecule has 1 aliphatic heterocycles. The Morgan fingerprint density at radius 3 is 3.16 bits per heavy atom. The van der Waals surface area contributed by atoms with Crippen molar-refractivity contribution in [2.24, 2.45) is 0 Å². The molecule has 1 saturated heterocycles. The molecular formula is C13H16N2O3S. The lowest BCUT2D eigenvalue weighted by atomic mass is 10.2. The monoisotopic (exact) mass is 280 g/mol. The number of hydrogen-bond acceptors (Lipinski definition) is 4. The summed E-state index contributed by atoms with van der Waals surface area (Å²) in [5.41, 5.74) is 0. The molecule has 6 heteroatoms. The fourth-order valence-corrected chi connectivity index (χ4v) is 1.94. The minimum atomic E-state index is -0.291. The molecule has 19 heavy (non-hydrogen) atoms. The van der Waals surface area contributed by atoms with E-state index in [2.05, 4.69) is 10.6 Å². The Morgan fingerprint density at radius 2 is 2.47 bits per heavy atom. The first kappa shape index (κ1) is 13.8. The lowest BCUT2D eigenvalue weighted by molar-refractivity contribution is -0.115. The second kappa shape index (κ2) is 7.06. The average Bonchev–Trinajstić information content (AvgIpc) is 3.07. The molecule has 0 aromatic carbocycles. The molecule has 5 nitrogen and oxygen atoms in total. The van der Waals surface area contributed by atoms with Crippen LogP contribution >= 0.6 is 12.2 Å². The van der Waals surface area contributed by atoms with Gasteiger partial charge in [-0.2, -0.15) is 0 Å². The summed E-state index contributed by atoms with van der Waals surface area (Å²) in [6, 6.07) is 3.52. The van der Waals surface area contributed by atoms with Crippen LogP contribution in [0.2, 0.25) is 0 Å². The second-order valence-corrected chi connectivity index (χ2v) is 4.59. The van der Waals surface area contributed by atoms with Crippen LogP contribution in [0.25, 0.3) is 6.08 Å². The molecule has 0 aliphatic carbocycles. The first-order valence-corrected chi connectivity index (χ1v) is 6.57. The van der Waals surface area contributed by atoms with Gasteiger partial charge in [0.25, 0.3) is 0 Å². The van der Waals surface area contributed by atoms with E-state index in [9.17, 15) is 4.79 Å². The third-order valence-corrected chi connectivity index (χ3v) is 2.94. The molecule has 0 spiro atoms. The quantitative estimate of drug-likeness (QED) is 0.646. The zero-order valence-electron chi connectivity index (χ0n) is 10.4. The summed E-state index contributed by atoms with van der Waals surface area (Å²) >= 11 is 5.02. The maximum Gasteiger partial charge on any atom is 0.250 e. The SMILES string of the molecule is O=C(/C=C/c1ccco1)NC(=S)NCC1CCCO1. The minimum absolute atomic E-state index is 0.188. The number of ether oxygens (including phenoxy) is 1. The number of thiocarbonyl (C=S) groups is 1. The molecule has 2 N–H and O–H groups in total. The topological polar surface area (TPSA) is 63.5 Å². The molecular weight excluding hydrogens is 264 g/mol. The van der Waals surface area contributed by atoms with Gasteiger partial charge in [0, 0.05) is 19.2 Å². The summed E-state index contributed by atoms with van der Waals surface area (Å²) in [5.74, 6) is 0.328. The average molecular weight is 280 g/mol. The Kier molecular flexibility index (Phi) is 5.11. The summed E-state index contributed by atoms with van der Waals surface area (Å²) < 4.78 is 10.5. The number of furan rings is 1. The molecule has 2 heterocycles. The van der Waals surface area contributed by atoms with Gasteiger partial charge in [-0.15, -0.1) is 0 Å². The normalized spacial score (nSPS) is 18.6. The van der Waals surface area contributed by atoms with E-state index in [0.717, 1.165) is 19.4 Å². The molecule has 1 aromatic rings. The van der Waals surface area contributed by atoms with Crippen LogP contribution in [0.4, 0.5) is 0 Å². The van der Waals surface area contributed by atoms with Crippen LogP contribution in [-0.4, -0.2) is 30.3 Å². The maximum atomic E-state index is 11.5. The van der Waals surface area contributed by atoms with Crippen molar-refractivity contribution in [1.29, 1.82) is 0 Å². The van der Waals surface area contributed by atoms with Gasteiger partial charge in [0.1, 0.15) is 5.76 Å². The Hall–Kier alpha value is -1.66. The molecule has 1 atom stereocenters. The van der Waals surface area contributed by atoms with Crippen molar-refractivity contribution in [3.8, 4) is 0 Å². The first-order valence-electron chi connectivity index (χ1n) is 6.16. The van der Waals surface area contributed by atoms with Crippen LogP contribution in [0, 0.1) is 0 Å². The van der Waals surface area contributed by atoms with Crippen LogP contribution in [0.1, 0.15) is 18.6 Å². The van der Waals surface area contributed by atoms with Gasteiger partial charge in [-0.3, -0.25) is 10.1 Å². The zero-order valence-corrected chi connectivity index (χ0v) is 11.2. The van der Waals surface area contributed by atoms with Gasteiger partial charge in [-0.1, -0.05) is 0 Å². The van der Waals surface area contributed by atoms with E-state index in [1.54, 1.807) is 24.5 Å². The number of carbonyl (C=O) groups excluding carboxylic acids is 1. The molecule has 1 aliphatic rings. The highest BCUT2D eigenvalue weighted by Crippen LogP contribution is 2.10. The van der Waals surface area contributed by atoms with Gasteiger partial charge in [0.15, 0.2) is 5.11 Å². The number of rotatable bonds is 4. The highest BCUT2D eigenvalue weighted by atomic mass is 32.1. The van der Waals surface area contributed by atoms with Crippen LogP contribution in [0.5, 0.6) is 0 Å². The third-order valence-electron chi connectivity index (χ3n) is 2.69. The Labute approximate surface area is 117 Å². The summed E-state index contributed by atoms with van der Waals surface area (Å²) in [7, 11) is 0. The van der Waals surface area contributed by atoms with Crippen molar-refractivity contribution in [3.05, 3.63) is 30.2 Å².